The fourth-order valence-corrected chi connectivity index (χ4v) is 4.89. The summed E-state index contributed by atoms with van der Waals surface area (Å²) in [5.74, 6) is 0.775. The minimum absolute atomic E-state index is 0.0371. The largest absolute Gasteiger partial charge is 0.416 e. The number of halogens is 3. The van der Waals surface area contributed by atoms with Crippen molar-refractivity contribution in [1.29, 1.82) is 0 Å². The maximum absolute atomic E-state index is 12.8. The van der Waals surface area contributed by atoms with Gasteiger partial charge in [0.15, 0.2) is 0 Å². The Morgan fingerprint density at radius 1 is 1.16 bits per heavy atom. The molecule has 1 saturated carbocycles. The molecule has 0 spiro atoms. The summed E-state index contributed by atoms with van der Waals surface area (Å²) in [6.45, 7) is 3.19. The van der Waals surface area contributed by atoms with Gasteiger partial charge < -0.3 is 5.32 Å². The third-order valence-electron chi connectivity index (χ3n) is 4.97. The van der Waals surface area contributed by atoms with E-state index < -0.39 is 21.8 Å². The van der Waals surface area contributed by atoms with Gasteiger partial charge in [0, 0.05) is 19.1 Å². The van der Waals surface area contributed by atoms with Crippen LogP contribution in [0, 0.1) is 12.8 Å². The molecule has 2 fully saturated rings. The first-order valence-electron chi connectivity index (χ1n) is 8.59. The molecule has 4 nitrogen and oxygen atoms in total. The first-order valence-corrected chi connectivity index (χ1v) is 10.0. The molecule has 1 saturated heterocycles. The van der Waals surface area contributed by atoms with Crippen molar-refractivity contribution < 1.29 is 21.6 Å². The first-order chi connectivity index (χ1) is 11.7. The maximum atomic E-state index is 12.8. The molecule has 2 aliphatic rings. The standard InChI is InChI=1S/C17H23F3N2O2S/c1-12-10-14(17(18,19)20)4-5-16(12)25(23,24)22-8-6-15(7-9-22)21-11-13-2-3-13/h4-5,10,13,15,21H,2-3,6-9,11H2,1H3. The number of sulfonamides is 1. The predicted molar refractivity (Wildman–Crippen MR) is 88.7 cm³/mol. The highest BCUT2D eigenvalue weighted by atomic mass is 32.2. The highest BCUT2D eigenvalue weighted by Crippen LogP contribution is 2.32. The van der Waals surface area contributed by atoms with Crippen molar-refractivity contribution in [2.75, 3.05) is 19.6 Å². The van der Waals surface area contributed by atoms with Crippen molar-refractivity contribution in [1.82, 2.24) is 9.62 Å². The van der Waals surface area contributed by atoms with E-state index in [0.29, 0.717) is 19.1 Å². The van der Waals surface area contributed by atoms with Gasteiger partial charge in [-0.2, -0.15) is 17.5 Å². The van der Waals surface area contributed by atoms with E-state index in [1.807, 2.05) is 0 Å². The summed E-state index contributed by atoms with van der Waals surface area (Å²) in [6.07, 6.45) is -0.475. The molecule has 3 rings (SSSR count). The normalized spacial score (nSPS) is 20.8. The predicted octanol–water partition coefficient (Wildman–Crippen LogP) is 3.17. The summed E-state index contributed by atoms with van der Waals surface area (Å²) in [6, 6.07) is 3.13. The Morgan fingerprint density at radius 3 is 2.32 bits per heavy atom. The molecule has 0 aromatic heterocycles. The lowest BCUT2D eigenvalue weighted by molar-refractivity contribution is -0.137. The summed E-state index contributed by atoms with van der Waals surface area (Å²) in [5.41, 5.74) is -0.698. The van der Waals surface area contributed by atoms with Gasteiger partial charge >= 0.3 is 6.18 Å². The third kappa shape index (κ3) is 4.35. The molecule has 1 aromatic carbocycles. The van der Waals surface area contributed by atoms with Crippen LogP contribution in [0.1, 0.15) is 36.8 Å². The van der Waals surface area contributed by atoms with E-state index in [1.165, 1.54) is 24.1 Å². The highest BCUT2D eigenvalue weighted by molar-refractivity contribution is 7.89. The second-order valence-electron chi connectivity index (χ2n) is 7.01. The lowest BCUT2D eigenvalue weighted by atomic mass is 10.1. The summed E-state index contributed by atoms with van der Waals surface area (Å²) in [7, 11) is -3.76. The molecular formula is C17H23F3N2O2S. The molecule has 140 valence electrons. The van der Waals surface area contributed by atoms with Gasteiger partial charge in [0.25, 0.3) is 0 Å². The lowest BCUT2D eigenvalue weighted by Crippen LogP contribution is -2.45. The van der Waals surface area contributed by atoms with Crippen LogP contribution in [0.5, 0.6) is 0 Å². The van der Waals surface area contributed by atoms with Gasteiger partial charge in [0.2, 0.25) is 10.0 Å². The second-order valence-corrected chi connectivity index (χ2v) is 8.91. The van der Waals surface area contributed by atoms with Crippen molar-refractivity contribution >= 4 is 10.0 Å². The minimum atomic E-state index is -4.47. The summed E-state index contributed by atoms with van der Waals surface area (Å²) < 4.78 is 65.2. The number of nitrogens with one attached hydrogen (secondary N) is 1. The van der Waals surface area contributed by atoms with Crippen LogP contribution < -0.4 is 5.32 Å². The van der Waals surface area contributed by atoms with E-state index in [1.54, 1.807) is 0 Å². The molecule has 0 atom stereocenters. The quantitative estimate of drug-likeness (QED) is 0.859. The number of rotatable bonds is 5. The Morgan fingerprint density at radius 2 is 1.80 bits per heavy atom. The number of benzene rings is 1. The van der Waals surface area contributed by atoms with E-state index in [0.717, 1.165) is 43.5 Å². The van der Waals surface area contributed by atoms with E-state index in [2.05, 4.69) is 5.32 Å². The molecule has 1 aliphatic carbocycles. The zero-order valence-corrected chi connectivity index (χ0v) is 15.0. The average Bonchev–Trinajstić information content (AvgIpc) is 3.36. The van der Waals surface area contributed by atoms with Gasteiger partial charge in [0.1, 0.15) is 0 Å². The van der Waals surface area contributed by atoms with Gasteiger partial charge in [-0.05, 0) is 68.8 Å². The Labute approximate surface area is 146 Å². The van der Waals surface area contributed by atoms with Crippen LogP contribution in [0.4, 0.5) is 13.2 Å². The number of nitrogens with zero attached hydrogens (tertiary/aromatic N) is 1. The number of alkyl halides is 3. The van der Waals surface area contributed by atoms with Crippen molar-refractivity contribution in [3.63, 3.8) is 0 Å². The van der Waals surface area contributed by atoms with Gasteiger partial charge in [-0.25, -0.2) is 8.42 Å². The Bertz CT molecular complexity index is 722. The Kier molecular flexibility index (Phi) is 5.14. The molecule has 0 radical (unpaired) electrons. The highest BCUT2D eigenvalue weighted by Gasteiger charge is 2.34. The van der Waals surface area contributed by atoms with Crippen molar-refractivity contribution in [2.24, 2.45) is 5.92 Å². The van der Waals surface area contributed by atoms with Crippen LogP contribution in [0.15, 0.2) is 23.1 Å². The van der Waals surface area contributed by atoms with Crippen LogP contribution in [-0.4, -0.2) is 38.4 Å². The summed E-state index contributed by atoms with van der Waals surface area (Å²) >= 11 is 0. The average molecular weight is 376 g/mol. The zero-order valence-electron chi connectivity index (χ0n) is 14.1. The first kappa shape index (κ1) is 18.7. The molecule has 1 N–H and O–H groups in total. The summed E-state index contributed by atoms with van der Waals surface area (Å²) in [5, 5.41) is 3.48. The maximum Gasteiger partial charge on any atom is 0.416 e. The fraction of sp³-hybridized carbons (Fsp3) is 0.647. The van der Waals surface area contributed by atoms with Crippen LogP contribution in [0.25, 0.3) is 0 Å². The van der Waals surface area contributed by atoms with Gasteiger partial charge in [-0.1, -0.05) is 0 Å². The van der Waals surface area contributed by atoms with Crippen molar-refractivity contribution in [3.05, 3.63) is 29.3 Å². The number of piperidine rings is 1. The topological polar surface area (TPSA) is 49.4 Å². The Balaban J connectivity index is 1.67. The number of hydrogen-bond acceptors (Lipinski definition) is 3. The number of hydrogen-bond donors (Lipinski definition) is 1. The second kappa shape index (κ2) is 6.89. The van der Waals surface area contributed by atoms with Crippen LogP contribution in [0.3, 0.4) is 0 Å². The van der Waals surface area contributed by atoms with E-state index in [-0.39, 0.29) is 10.5 Å². The van der Waals surface area contributed by atoms with Crippen LogP contribution in [0.2, 0.25) is 0 Å². The molecule has 1 aliphatic heterocycles. The lowest BCUT2D eigenvalue weighted by Gasteiger charge is -2.32. The molecule has 1 heterocycles. The third-order valence-corrected chi connectivity index (χ3v) is 7.02. The van der Waals surface area contributed by atoms with Gasteiger partial charge in [0.05, 0.1) is 10.5 Å². The van der Waals surface area contributed by atoms with Crippen molar-refractivity contribution in [3.8, 4) is 0 Å². The molecule has 0 bridgehead atoms. The number of aryl methyl sites for hydroxylation is 1. The van der Waals surface area contributed by atoms with E-state index in [9.17, 15) is 21.6 Å². The molecule has 25 heavy (non-hydrogen) atoms. The molecule has 0 unspecified atom stereocenters. The molecular weight excluding hydrogens is 353 g/mol. The van der Waals surface area contributed by atoms with Crippen LogP contribution >= 0.6 is 0 Å². The van der Waals surface area contributed by atoms with Crippen LogP contribution in [-0.2, 0) is 16.2 Å². The Hall–Kier alpha value is -1.12. The molecule has 1 aromatic rings. The summed E-state index contributed by atoms with van der Waals surface area (Å²) in [4.78, 5) is -0.0371. The van der Waals surface area contributed by atoms with Crippen molar-refractivity contribution in [2.45, 2.75) is 49.7 Å². The zero-order chi connectivity index (χ0) is 18.2. The van der Waals surface area contributed by atoms with E-state index in [4.69, 9.17) is 0 Å². The van der Waals surface area contributed by atoms with E-state index >= 15 is 0 Å². The fourth-order valence-electron chi connectivity index (χ4n) is 3.21. The smallest absolute Gasteiger partial charge is 0.314 e. The molecule has 0 amide bonds. The monoisotopic (exact) mass is 376 g/mol. The molecule has 8 heteroatoms. The van der Waals surface area contributed by atoms with Gasteiger partial charge in [-0.3, -0.25) is 0 Å². The minimum Gasteiger partial charge on any atom is -0.314 e. The SMILES string of the molecule is Cc1cc(C(F)(F)F)ccc1S(=O)(=O)N1CCC(NCC2CC2)CC1. The van der Waals surface area contributed by atoms with Gasteiger partial charge in [-0.15, -0.1) is 0 Å².